The zero-order chi connectivity index (χ0) is 26.1. The van der Waals surface area contributed by atoms with Gasteiger partial charge >= 0.3 is 5.97 Å². The molecule has 3 aromatic carbocycles. The number of methoxy groups -OCH3 is 3. The molecule has 6 heteroatoms. The van der Waals surface area contributed by atoms with Crippen LogP contribution in [0.1, 0.15) is 48.3 Å². The van der Waals surface area contributed by atoms with Crippen molar-refractivity contribution in [3.63, 3.8) is 0 Å². The van der Waals surface area contributed by atoms with Crippen molar-refractivity contribution < 1.29 is 28.1 Å². The number of fused-ring (bicyclic) bond motifs is 1. The van der Waals surface area contributed by atoms with Crippen LogP contribution >= 0.6 is 0 Å². The molecule has 37 heavy (non-hydrogen) atoms. The summed E-state index contributed by atoms with van der Waals surface area (Å²) in [6.45, 7) is 1.96. The fourth-order valence-electron chi connectivity index (χ4n) is 5.63. The Bertz CT molecular complexity index is 1270. The summed E-state index contributed by atoms with van der Waals surface area (Å²) < 4.78 is 36.8. The number of carbonyl (C=O) groups excluding carboxylic acids is 1. The number of esters is 1. The van der Waals surface area contributed by atoms with Gasteiger partial charge in [-0.3, -0.25) is 4.79 Å². The fourth-order valence-corrected chi connectivity index (χ4v) is 5.63. The molecule has 1 aliphatic heterocycles. The zero-order valence-corrected chi connectivity index (χ0v) is 21.7. The molecule has 1 heterocycles. The summed E-state index contributed by atoms with van der Waals surface area (Å²) in [5, 5.41) is 0. The van der Waals surface area contributed by atoms with Gasteiger partial charge < -0.3 is 18.9 Å². The summed E-state index contributed by atoms with van der Waals surface area (Å²) in [7, 11) is 4.67. The highest BCUT2D eigenvalue weighted by Crippen LogP contribution is 2.48. The zero-order valence-electron chi connectivity index (χ0n) is 21.7. The number of benzene rings is 3. The average molecular weight is 505 g/mol. The van der Waals surface area contributed by atoms with E-state index in [4.69, 9.17) is 18.9 Å². The summed E-state index contributed by atoms with van der Waals surface area (Å²) in [4.78, 5) is 12.4. The van der Waals surface area contributed by atoms with Crippen LogP contribution in [0.15, 0.2) is 60.7 Å². The number of halogens is 1. The van der Waals surface area contributed by atoms with Crippen molar-refractivity contribution >= 4 is 5.97 Å². The van der Waals surface area contributed by atoms with Crippen molar-refractivity contribution in [2.45, 2.75) is 44.3 Å². The minimum Gasteiger partial charge on any atom is -0.497 e. The first-order chi connectivity index (χ1) is 17.9. The predicted octanol–water partition coefficient (Wildman–Crippen LogP) is 6.50. The molecule has 0 saturated heterocycles. The molecule has 0 bridgehead atoms. The Balaban J connectivity index is 1.42. The molecule has 0 amide bonds. The van der Waals surface area contributed by atoms with Gasteiger partial charge in [0, 0.05) is 12.7 Å². The Morgan fingerprint density at radius 3 is 2.41 bits per heavy atom. The van der Waals surface area contributed by atoms with Gasteiger partial charge in [0.25, 0.3) is 0 Å². The normalized spacial score (nSPS) is 20.4. The van der Waals surface area contributed by atoms with E-state index < -0.39 is 6.29 Å². The molecule has 1 aliphatic carbocycles. The van der Waals surface area contributed by atoms with Crippen molar-refractivity contribution in [2.75, 3.05) is 21.3 Å². The first-order valence-electron chi connectivity index (χ1n) is 12.8. The number of hydrogen-bond donors (Lipinski definition) is 0. The summed E-state index contributed by atoms with van der Waals surface area (Å²) in [6, 6.07) is 18.9. The Morgan fingerprint density at radius 1 is 1.00 bits per heavy atom. The maximum Gasteiger partial charge on any atom is 0.309 e. The van der Waals surface area contributed by atoms with Gasteiger partial charge in [0.05, 0.1) is 26.1 Å². The highest BCUT2D eigenvalue weighted by atomic mass is 19.1. The van der Waals surface area contributed by atoms with Crippen LogP contribution in [0.2, 0.25) is 0 Å². The third-order valence-corrected chi connectivity index (χ3v) is 7.78. The van der Waals surface area contributed by atoms with E-state index in [1.165, 1.54) is 13.2 Å². The average Bonchev–Trinajstić information content (AvgIpc) is 3.77. The van der Waals surface area contributed by atoms with Crippen molar-refractivity contribution in [1.82, 2.24) is 0 Å². The maximum atomic E-state index is 14.5. The molecule has 5 nitrogen and oxygen atoms in total. The van der Waals surface area contributed by atoms with E-state index in [0.29, 0.717) is 17.2 Å². The van der Waals surface area contributed by atoms with E-state index in [1.807, 2.05) is 37.3 Å². The van der Waals surface area contributed by atoms with Crippen molar-refractivity contribution in [2.24, 2.45) is 11.8 Å². The summed E-state index contributed by atoms with van der Waals surface area (Å²) in [5.41, 5.74) is 4.58. The molecule has 0 radical (unpaired) electrons. The molecule has 0 N–H and O–H groups in total. The van der Waals surface area contributed by atoms with Gasteiger partial charge in [0.15, 0.2) is 0 Å². The second kappa shape index (κ2) is 10.5. The SMILES string of the molecule is COC(=O)[C@@H](C)[C@H](c1ccc2c(c1)CC(c1ccc(-c3cc(OC)ccc3F)cc1)C(OC)O2)C1CC1. The van der Waals surface area contributed by atoms with E-state index in [2.05, 4.69) is 12.1 Å². The van der Waals surface area contributed by atoms with E-state index in [1.54, 1.807) is 26.4 Å². The molecule has 2 unspecified atom stereocenters. The van der Waals surface area contributed by atoms with Crippen LogP contribution in [0.5, 0.6) is 11.5 Å². The molecule has 5 rings (SSSR count). The van der Waals surface area contributed by atoms with E-state index in [9.17, 15) is 9.18 Å². The standard InChI is InChI=1S/C31H33FO5/c1-18(30(33)35-3)29(21-9-10-21)22-11-14-28-23(15-22)16-26(31(36-4)37-28)20-7-5-19(6-8-20)25-17-24(34-2)12-13-27(25)32/h5-8,11-15,17-18,21,26,29,31H,9-10,16H2,1-4H3/t18-,26?,29-,31?/m0/s1. The van der Waals surface area contributed by atoms with Crippen LogP contribution in [0, 0.1) is 17.7 Å². The third kappa shape index (κ3) is 5.08. The lowest BCUT2D eigenvalue weighted by Gasteiger charge is -2.34. The number of rotatable bonds is 8. The maximum absolute atomic E-state index is 14.5. The molecule has 1 fully saturated rings. The topological polar surface area (TPSA) is 54.0 Å². The lowest BCUT2D eigenvalue weighted by molar-refractivity contribution is -0.145. The molecule has 4 atom stereocenters. The van der Waals surface area contributed by atoms with E-state index in [0.717, 1.165) is 47.3 Å². The molecule has 1 saturated carbocycles. The predicted molar refractivity (Wildman–Crippen MR) is 139 cm³/mol. The minimum atomic E-state index is -0.439. The van der Waals surface area contributed by atoms with Gasteiger partial charge in [-0.15, -0.1) is 0 Å². The number of ether oxygens (including phenoxy) is 4. The Labute approximate surface area is 217 Å². The summed E-state index contributed by atoms with van der Waals surface area (Å²) in [5.74, 6) is 1.35. The minimum absolute atomic E-state index is 0.0330. The second-order valence-corrected chi connectivity index (χ2v) is 10.0. The molecular weight excluding hydrogens is 471 g/mol. The molecule has 0 spiro atoms. The van der Waals surface area contributed by atoms with Crippen molar-refractivity contribution in [3.05, 3.63) is 83.2 Å². The number of carbonyl (C=O) groups is 1. The highest BCUT2D eigenvalue weighted by molar-refractivity contribution is 5.73. The molecule has 194 valence electrons. The molecule has 3 aromatic rings. The van der Waals surface area contributed by atoms with Crippen LogP contribution in [-0.4, -0.2) is 33.6 Å². The van der Waals surface area contributed by atoms with Crippen molar-refractivity contribution in [1.29, 1.82) is 0 Å². The smallest absolute Gasteiger partial charge is 0.309 e. The lowest BCUT2D eigenvalue weighted by atomic mass is 9.81. The van der Waals surface area contributed by atoms with Gasteiger partial charge in [0.2, 0.25) is 6.29 Å². The van der Waals surface area contributed by atoms with Gasteiger partial charge in [-0.05, 0) is 77.6 Å². The van der Waals surface area contributed by atoms with Crippen LogP contribution < -0.4 is 9.47 Å². The van der Waals surface area contributed by atoms with Gasteiger partial charge in [-0.2, -0.15) is 0 Å². The Hall–Kier alpha value is -3.38. The quantitative estimate of drug-likeness (QED) is 0.328. The van der Waals surface area contributed by atoms with Gasteiger partial charge in [-0.1, -0.05) is 43.3 Å². The van der Waals surface area contributed by atoms with Crippen LogP contribution in [0.25, 0.3) is 11.1 Å². The Morgan fingerprint density at radius 2 is 1.76 bits per heavy atom. The van der Waals surface area contributed by atoms with Crippen LogP contribution in [0.3, 0.4) is 0 Å². The van der Waals surface area contributed by atoms with Gasteiger partial charge in [0.1, 0.15) is 17.3 Å². The fraction of sp³-hybridized carbons (Fsp3) is 0.387. The lowest BCUT2D eigenvalue weighted by Crippen LogP contribution is -2.33. The molecular formula is C31H33FO5. The summed E-state index contributed by atoms with van der Waals surface area (Å²) in [6.07, 6.45) is 2.56. The monoisotopic (exact) mass is 504 g/mol. The van der Waals surface area contributed by atoms with Gasteiger partial charge in [-0.25, -0.2) is 4.39 Å². The first kappa shape index (κ1) is 25.3. The molecule has 2 aliphatic rings. The number of hydrogen-bond acceptors (Lipinski definition) is 5. The first-order valence-corrected chi connectivity index (χ1v) is 12.8. The Kier molecular flexibility index (Phi) is 7.20. The summed E-state index contributed by atoms with van der Waals surface area (Å²) >= 11 is 0. The van der Waals surface area contributed by atoms with Crippen LogP contribution in [-0.2, 0) is 20.7 Å². The van der Waals surface area contributed by atoms with Crippen molar-refractivity contribution in [3.8, 4) is 22.6 Å². The highest BCUT2D eigenvalue weighted by Gasteiger charge is 2.40. The second-order valence-electron chi connectivity index (χ2n) is 10.0. The van der Waals surface area contributed by atoms with Crippen LogP contribution in [0.4, 0.5) is 4.39 Å². The molecule has 0 aromatic heterocycles. The van der Waals surface area contributed by atoms with E-state index in [-0.39, 0.29) is 29.5 Å². The largest absolute Gasteiger partial charge is 0.497 e. The van der Waals surface area contributed by atoms with E-state index >= 15 is 0 Å². The third-order valence-electron chi connectivity index (χ3n) is 7.78.